The van der Waals surface area contributed by atoms with Crippen LogP contribution in [0, 0.1) is 17.2 Å². The van der Waals surface area contributed by atoms with E-state index in [9.17, 15) is 9.59 Å². The second-order valence-corrected chi connectivity index (χ2v) is 5.18. The van der Waals surface area contributed by atoms with E-state index in [1.807, 2.05) is 0 Å². The van der Waals surface area contributed by atoms with Gasteiger partial charge in [-0.2, -0.15) is 5.26 Å². The molecule has 1 N–H and O–H groups in total. The number of rotatable bonds is 8. The van der Waals surface area contributed by atoms with Crippen LogP contribution in [0.4, 0.5) is 0 Å². The van der Waals surface area contributed by atoms with Crippen LogP contribution in [-0.4, -0.2) is 23.1 Å². The summed E-state index contributed by atoms with van der Waals surface area (Å²) in [7, 11) is 0. The van der Waals surface area contributed by atoms with E-state index in [0.717, 1.165) is 31.8 Å². The van der Waals surface area contributed by atoms with Crippen LogP contribution in [0.1, 0.15) is 52.9 Å². The fourth-order valence-corrected chi connectivity index (χ4v) is 1.60. The number of esters is 2. The number of hydrogen-bond acceptors (Lipinski definition) is 5. The molecule has 0 aromatic carbocycles. The van der Waals surface area contributed by atoms with Gasteiger partial charge in [-0.25, -0.2) is 9.59 Å². The third kappa shape index (κ3) is 8.44. The molecule has 0 aliphatic carbocycles. The first-order valence-electron chi connectivity index (χ1n) is 6.91. The van der Waals surface area contributed by atoms with E-state index in [0.29, 0.717) is 12.3 Å². The lowest BCUT2D eigenvalue weighted by Crippen LogP contribution is -2.23. The molecule has 112 valence electrons. The summed E-state index contributed by atoms with van der Waals surface area (Å²) in [5.74, 6) is -1.20. The number of carbonyl (C=O) groups is 2. The van der Waals surface area contributed by atoms with Gasteiger partial charge in [-0.3, -0.25) is 0 Å². The van der Waals surface area contributed by atoms with Crippen LogP contribution in [-0.2, 0) is 14.3 Å². The van der Waals surface area contributed by atoms with Gasteiger partial charge in [0.25, 0.3) is 0 Å². The number of nitriles is 1. The Morgan fingerprint density at radius 2 is 1.90 bits per heavy atom. The molecule has 0 fully saturated rings. The Bertz CT molecular complexity index is 391. The molecule has 0 aliphatic rings. The molecule has 0 spiro atoms. The number of ether oxygens (including phenoxy) is 1. The smallest absolute Gasteiger partial charge is 0.342 e. The third-order valence-electron chi connectivity index (χ3n) is 2.76. The Kier molecular flexibility index (Phi) is 9.31. The highest BCUT2D eigenvalue weighted by atomic mass is 16.6. The van der Waals surface area contributed by atoms with E-state index in [2.05, 4.69) is 18.6 Å². The number of hydrogen-bond donors (Lipinski definition) is 1. The molecule has 0 amide bonds. The van der Waals surface area contributed by atoms with E-state index >= 15 is 0 Å². The van der Waals surface area contributed by atoms with E-state index in [-0.39, 0.29) is 5.57 Å². The predicted octanol–water partition coefficient (Wildman–Crippen LogP) is 2.49. The molecule has 0 bridgehead atoms. The Balaban J connectivity index is 4.24. The lowest BCUT2D eigenvalue weighted by molar-refractivity contribution is -0.162. The van der Waals surface area contributed by atoms with Gasteiger partial charge in [0.15, 0.2) is 0 Å². The van der Waals surface area contributed by atoms with Crippen LogP contribution >= 0.6 is 0 Å². The lowest BCUT2D eigenvalue weighted by atomic mass is 10.0. The summed E-state index contributed by atoms with van der Waals surface area (Å²) in [6, 6.07) is 1.77. The van der Waals surface area contributed by atoms with E-state index in [1.54, 1.807) is 6.07 Å². The van der Waals surface area contributed by atoms with Crippen molar-refractivity contribution in [3.8, 4) is 6.07 Å². The van der Waals surface area contributed by atoms with Crippen LogP contribution in [0.3, 0.4) is 0 Å². The fourth-order valence-electron chi connectivity index (χ4n) is 1.60. The molecule has 0 aliphatic heterocycles. The molecule has 0 saturated carbocycles. The maximum absolute atomic E-state index is 11.6. The van der Waals surface area contributed by atoms with Crippen molar-refractivity contribution in [2.75, 3.05) is 0 Å². The quantitative estimate of drug-likeness (QED) is 0.243. The number of aliphatic hydroxyl groups is 1. The van der Waals surface area contributed by atoms with Gasteiger partial charge in [-0.1, -0.05) is 33.1 Å². The summed E-state index contributed by atoms with van der Waals surface area (Å²) in [5, 5.41) is 17.6. The average Bonchev–Trinajstić information content (AvgIpc) is 2.36. The van der Waals surface area contributed by atoms with Crippen molar-refractivity contribution in [2.24, 2.45) is 5.92 Å². The standard InChI is InChI=1S/C15H23NO4/c1-11(2)7-5-4-6-8-13(9-10-16)15(19)20-14(18)12(3)17/h9,11-12,17H,4-8H2,1-3H3. The van der Waals surface area contributed by atoms with Crippen molar-refractivity contribution in [3.05, 3.63) is 11.6 Å². The number of allylic oxidation sites excluding steroid dienone is 1. The minimum Gasteiger partial charge on any atom is -0.388 e. The lowest BCUT2D eigenvalue weighted by Gasteiger charge is -2.08. The zero-order valence-electron chi connectivity index (χ0n) is 12.4. The maximum atomic E-state index is 11.6. The van der Waals surface area contributed by atoms with Crippen LogP contribution < -0.4 is 0 Å². The largest absolute Gasteiger partial charge is 0.388 e. The summed E-state index contributed by atoms with van der Waals surface area (Å²) < 4.78 is 4.47. The van der Waals surface area contributed by atoms with Gasteiger partial charge in [0.2, 0.25) is 0 Å². The molecule has 0 rings (SSSR count). The molecule has 0 aromatic heterocycles. The highest BCUT2D eigenvalue weighted by molar-refractivity contribution is 5.97. The van der Waals surface area contributed by atoms with Crippen molar-refractivity contribution in [1.82, 2.24) is 0 Å². The van der Waals surface area contributed by atoms with Crippen LogP contribution in [0.15, 0.2) is 11.6 Å². The Morgan fingerprint density at radius 1 is 1.25 bits per heavy atom. The summed E-state index contributed by atoms with van der Waals surface area (Å²) >= 11 is 0. The Morgan fingerprint density at radius 3 is 2.40 bits per heavy atom. The van der Waals surface area contributed by atoms with Crippen molar-refractivity contribution < 1.29 is 19.4 Å². The van der Waals surface area contributed by atoms with Crippen LogP contribution in [0.25, 0.3) is 0 Å². The monoisotopic (exact) mass is 281 g/mol. The zero-order valence-corrected chi connectivity index (χ0v) is 12.4. The molecular formula is C15H23NO4. The van der Waals surface area contributed by atoms with Gasteiger partial charge in [0, 0.05) is 11.6 Å². The van der Waals surface area contributed by atoms with Gasteiger partial charge in [-0.15, -0.1) is 0 Å². The van der Waals surface area contributed by atoms with E-state index in [1.165, 1.54) is 6.92 Å². The highest BCUT2D eigenvalue weighted by Gasteiger charge is 2.18. The molecule has 0 aromatic rings. The van der Waals surface area contributed by atoms with Gasteiger partial charge in [0.05, 0.1) is 6.07 Å². The SMILES string of the molecule is CC(C)CCCCCC(=CC#N)C(=O)OC(=O)C(C)O. The highest BCUT2D eigenvalue weighted by Crippen LogP contribution is 2.14. The molecule has 1 unspecified atom stereocenters. The minimum absolute atomic E-state index is 0.172. The number of nitrogens with zero attached hydrogens (tertiary/aromatic N) is 1. The second-order valence-electron chi connectivity index (χ2n) is 5.18. The first-order valence-corrected chi connectivity index (χ1v) is 6.91. The molecule has 0 heterocycles. The molecule has 5 nitrogen and oxygen atoms in total. The van der Waals surface area contributed by atoms with Gasteiger partial charge < -0.3 is 9.84 Å². The predicted molar refractivity (Wildman–Crippen MR) is 74.4 cm³/mol. The van der Waals surface area contributed by atoms with Crippen molar-refractivity contribution >= 4 is 11.9 Å². The fraction of sp³-hybridized carbons (Fsp3) is 0.667. The van der Waals surface area contributed by atoms with Crippen molar-refractivity contribution in [1.29, 1.82) is 5.26 Å². The molecule has 1 atom stereocenters. The molecule has 0 radical (unpaired) electrons. The first-order chi connectivity index (χ1) is 9.38. The first kappa shape index (κ1) is 18.3. The van der Waals surface area contributed by atoms with Gasteiger partial charge >= 0.3 is 11.9 Å². The summed E-state index contributed by atoms with van der Waals surface area (Å²) in [6.45, 7) is 5.52. The number of carbonyl (C=O) groups excluding carboxylic acids is 2. The minimum atomic E-state index is -1.35. The van der Waals surface area contributed by atoms with Crippen molar-refractivity contribution in [3.63, 3.8) is 0 Å². The molecule has 20 heavy (non-hydrogen) atoms. The summed E-state index contributed by atoms with van der Waals surface area (Å²) in [5.41, 5.74) is 0.172. The third-order valence-corrected chi connectivity index (χ3v) is 2.76. The number of aliphatic hydroxyl groups excluding tert-OH is 1. The Labute approximate surface area is 120 Å². The van der Waals surface area contributed by atoms with Gasteiger partial charge in [-0.05, 0) is 25.7 Å². The van der Waals surface area contributed by atoms with Crippen LogP contribution in [0.5, 0.6) is 0 Å². The normalized spacial score (nSPS) is 12.9. The van der Waals surface area contributed by atoms with Crippen LogP contribution in [0.2, 0.25) is 0 Å². The second kappa shape index (κ2) is 10.2. The average molecular weight is 281 g/mol. The van der Waals surface area contributed by atoms with E-state index in [4.69, 9.17) is 10.4 Å². The zero-order chi connectivity index (χ0) is 15.5. The molecule has 5 heteroatoms. The van der Waals surface area contributed by atoms with E-state index < -0.39 is 18.0 Å². The maximum Gasteiger partial charge on any atom is 0.342 e. The van der Waals surface area contributed by atoms with Crippen molar-refractivity contribution in [2.45, 2.75) is 59.0 Å². The summed E-state index contributed by atoms with van der Waals surface area (Å²) in [4.78, 5) is 22.8. The summed E-state index contributed by atoms with van der Waals surface area (Å²) in [6.07, 6.45) is 4.06. The molecule has 0 saturated heterocycles. The Hall–Kier alpha value is -1.67. The van der Waals surface area contributed by atoms with Gasteiger partial charge in [0.1, 0.15) is 6.10 Å². The molecular weight excluding hydrogens is 258 g/mol. The number of unbranched alkanes of at least 4 members (excludes halogenated alkanes) is 2. The topological polar surface area (TPSA) is 87.4 Å².